The smallest absolute Gasteiger partial charge is 0.308 e. The number of fused-ring (bicyclic) bond motifs is 1. The van der Waals surface area contributed by atoms with E-state index in [0.717, 1.165) is 22.2 Å². The number of anilines is 1. The van der Waals surface area contributed by atoms with Crippen molar-refractivity contribution in [3.05, 3.63) is 47.2 Å². The molecule has 0 spiro atoms. The number of nitrogens with one attached hydrogen (secondary N) is 3. The van der Waals surface area contributed by atoms with E-state index >= 15 is 0 Å². The zero-order valence-corrected chi connectivity index (χ0v) is 23.0. The summed E-state index contributed by atoms with van der Waals surface area (Å²) in [5.74, 6) is 0.128. The number of aliphatic imine (C=N–C) groups is 1. The molecule has 0 saturated heterocycles. The monoisotopic (exact) mass is 537 g/mol. The van der Waals surface area contributed by atoms with Crippen LogP contribution < -0.4 is 16.5 Å². The number of nitrogen functional groups attached to an aromatic ring is 1. The Labute approximate surface area is 225 Å². The summed E-state index contributed by atoms with van der Waals surface area (Å²) in [5, 5.41) is 7.69. The van der Waals surface area contributed by atoms with Gasteiger partial charge in [0.25, 0.3) is 5.90 Å². The predicted molar refractivity (Wildman–Crippen MR) is 149 cm³/mol. The number of aryl methyl sites for hydroxylation is 1. The molecule has 0 radical (unpaired) electrons. The number of nitrogens with two attached hydrogens (primary N) is 1. The molecule has 0 bridgehead atoms. The number of carbonyl (C=O) groups is 1. The SMILES string of the molecule is CC.Cn1cc(N)c(-c2nc3nccc(-c4ccc(CNC(=O)C5=NC(C(C)(C)C)NO5)c(Cl)c4)c3[nH]2)n1. The number of hydrogen-bond acceptors (Lipinski definition) is 8. The number of nitrogens with zero attached hydrogens (tertiary/aromatic N) is 5. The number of hydrogen-bond donors (Lipinski definition) is 4. The molecule has 4 heterocycles. The van der Waals surface area contributed by atoms with Crippen molar-refractivity contribution in [3.8, 4) is 22.6 Å². The second-order valence-electron chi connectivity index (χ2n) is 9.66. The van der Waals surface area contributed by atoms with Crippen molar-refractivity contribution in [2.75, 3.05) is 5.73 Å². The average molecular weight is 538 g/mol. The molecule has 4 aromatic rings. The molecule has 1 amide bonds. The standard InChI is InChI=1S/C24H26ClN9O2.C2H6/c1-24(2,3)23-31-22(36-33-23)21(35)28-10-13-6-5-12(9-15(13)25)14-7-8-27-19-17(14)29-20(30-19)18-16(26)11-34(4)32-18;1-2/h5-9,11,23,33H,10,26H2,1-4H3,(H,28,35)(H,27,29,30);1-2H3. The summed E-state index contributed by atoms with van der Waals surface area (Å²) in [7, 11) is 1.80. The van der Waals surface area contributed by atoms with Gasteiger partial charge in [-0.3, -0.25) is 9.48 Å². The lowest BCUT2D eigenvalue weighted by Crippen LogP contribution is -2.35. The Balaban J connectivity index is 0.00000164. The van der Waals surface area contributed by atoms with Gasteiger partial charge in [0.2, 0.25) is 0 Å². The van der Waals surface area contributed by atoms with Gasteiger partial charge in [0.15, 0.2) is 17.2 Å². The molecule has 1 aliphatic rings. The van der Waals surface area contributed by atoms with Gasteiger partial charge >= 0.3 is 5.91 Å². The van der Waals surface area contributed by atoms with E-state index in [4.69, 9.17) is 22.2 Å². The van der Waals surface area contributed by atoms with E-state index in [1.807, 2.05) is 58.9 Å². The van der Waals surface area contributed by atoms with Crippen LogP contribution in [0.15, 0.2) is 41.7 Å². The summed E-state index contributed by atoms with van der Waals surface area (Å²) >= 11 is 6.59. The molecule has 1 aliphatic heterocycles. The second kappa shape index (κ2) is 10.8. The number of H-pyrrole nitrogens is 1. The van der Waals surface area contributed by atoms with Crippen molar-refractivity contribution in [1.29, 1.82) is 0 Å². The van der Waals surface area contributed by atoms with Crippen molar-refractivity contribution in [2.24, 2.45) is 17.5 Å². The number of halogens is 1. The summed E-state index contributed by atoms with van der Waals surface area (Å²) in [6, 6.07) is 7.52. The summed E-state index contributed by atoms with van der Waals surface area (Å²) in [4.78, 5) is 34.3. The summed E-state index contributed by atoms with van der Waals surface area (Å²) < 4.78 is 1.63. The fourth-order valence-electron chi connectivity index (χ4n) is 3.82. The summed E-state index contributed by atoms with van der Waals surface area (Å²) in [5.41, 5.74) is 13.5. The molecular weight excluding hydrogens is 506 g/mol. The van der Waals surface area contributed by atoms with Gasteiger partial charge in [0, 0.05) is 42.0 Å². The van der Waals surface area contributed by atoms with E-state index in [-0.39, 0.29) is 24.0 Å². The largest absolute Gasteiger partial charge is 0.396 e. The summed E-state index contributed by atoms with van der Waals surface area (Å²) in [6.45, 7) is 10.2. The fraction of sp³-hybridized carbons (Fsp3) is 0.346. The van der Waals surface area contributed by atoms with Crippen LogP contribution in [0.3, 0.4) is 0 Å². The number of benzene rings is 1. The number of amides is 1. The van der Waals surface area contributed by atoms with Crippen molar-refractivity contribution in [2.45, 2.75) is 47.3 Å². The molecule has 38 heavy (non-hydrogen) atoms. The Bertz CT molecular complexity index is 1500. The second-order valence-corrected chi connectivity index (χ2v) is 10.1. The molecule has 3 aromatic heterocycles. The van der Waals surface area contributed by atoms with Crippen molar-refractivity contribution in [3.63, 3.8) is 0 Å². The molecule has 5 rings (SSSR count). The molecule has 1 aromatic carbocycles. The molecule has 5 N–H and O–H groups in total. The van der Waals surface area contributed by atoms with Crippen LogP contribution >= 0.6 is 11.6 Å². The molecule has 200 valence electrons. The normalized spacial score (nSPS) is 15.0. The van der Waals surface area contributed by atoms with Crippen LogP contribution in [-0.2, 0) is 23.2 Å². The van der Waals surface area contributed by atoms with Crippen LogP contribution in [0.5, 0.6) is 0 Å². The molecule has 0 saturated carbocycles. The predicted octanol–water partition coefficient (Wildman–Crippen LogP) is 4.21. The van der Waals surface area contributed by atoms with Crippen LogP contribution in [0, 0.1) is 5.41 Å². The Hall–Kier alpha value is -3.96. The van der Waals surface area contributed by atoms with Crippen molar-refractivity contribution < 1.29 is 9.63 Å². The highest BCUT2D eigenvalue weighted by molar-refractivity contribution is 6.35. The van der Waals surface area contributed by atoms with Gasteiger partial charge < -0.3 is 20.9 Å². The first-order chi connectivity index (χ1) is 18.1. The molecule has 1 unspecified atom stereocenters. The molecular formula is C26H32ClN9O2. The lowest BCUT2D eigenvalue weighted by atomic mass is 9.93. The van der Waals surface area contributed by atoms with Crippen LogP contribution in [0.4, 0.5) is 5.69 Å². The third kappa shape index (κ3) is 5.48. The van der Waals surface area contributed by atoms with Gasteiger partial charge in [-0.25, -0.2) is 15.0 Å². The van der Waals surface area contributed by atoms with E-state index < -0.39 is 5.91 Å². The van der Waals surface area contributed by atoms with Crippen molar-refractivity contribution in [1.82, 2.24) is 35.5 Å². The lowest BCUT2D eigenvalue weighted by Gasteiger charge is -2.22. The zero-order valence-electron chi connectivity index (χ0n) is 22.3. The zero-order chi connectivity index (χ0) is 27.6. The maximum absolute atomic E-state index is 12.5. The molecule has 1 atom stereocenters. The van der Waals surface area contributed by atoms with E-state index in [1.165, 1.54) is 0 Å². The molecule has 11 nitrogen and oxygen atoms in total. The topological polar surface area (TPSA) is 148 Å². The van der Waals surface area contributed by atoms with Gasteiger partial charge in [0.1, 0.15) is 6.17 Å². The maximum Gasteiger partial charge on any atom is 0.308 e. The number of hydroxylamine groups is 1. The highest BCUT2D eigenvalue weighted by atomic mass is 35.5. The first kappa shape index (κ1) is 27.1. The fourth-order valence-corrected chi connectivity index (χ4v) is 4.07. The highest BCUT2D eigenvalue weighted by Gasteiger charge is 2.32. The van der Waals surface area contributed by atoms with Crippen molar-refractivity contribution >= 4 is 40.3 Å². The van der Waals surface area contributed by atoms with Crippen LogP contribution in [0.1, 0.15) is 40.2 Å². The quantitative estimate of drug-likeness (QED) is 0.298. The molecule has 0 fully saturated rings. The highest BCUT2D eigenvalue weighted by Crippen LogP contribution is 2.32. The minimum Gasteiger partial charge on any atom is -0.396 e. The van der Waals surface area contributed by atoms with Crippen LogP contribution in [-0.4, -0.2) is 42.7 Å². The van der Waals surface area contributed by atoms with Gasteiger partial charge in [0.05, 0.1) is 11.2 Å². The third-order valence-corrected chi connectivity index (χ3v) is 6.16. The minimum atomic E-state index is -0.413. The number of carbonyl (C=O) groups excluding carboxylic acids is 1. The van der Waals surface area contributed by atoms with Crippen LogP contribution in [0.25, 0.3) is 33.8 Å². The number of aromatic amines is 1. The summed E-state index contributed by atoms with van der Waals surface area (Å²) in [6.07, 6.45) is 3.11. The van der Waals surface area contributed by atoms with Crippen LogP contribution in [0.2, 0.25) is 5.02 Å². The molecule has 0 aliphatic carbocycles. The van der Waals surface area contributed by atoms with E-state index in [9.17, 15) is 4.79 Å². The average Bonchev–Trinajstić information content (AvgIpc) is 3.62. The Morgan fingerprint density at radius 2 is 2.03 bits per heavy atom. The van der Waals surface area contributed by atoms with Gasteiger partial charge in [-0.1, -0.05) is 58.4 Å². The number of rotatable bonds is 5. The van der Waals surface area contributed by atoms with E-state index in [2.05, 4.69) is 35.8 Å². The first-order valence-corrected chi connectivity index (χ1v) is 12.7. The maximum atomic E-state index is 12.5. The Morgan fingerprint density at radius 1 is 1.26 bits per heavy atom. The van der Waals surface area contributed by atoms with Gasteiger partial charge in [-0.05, 0) is 23.3 Å². The Kier molecular flexibility index (Phi) is 7.70. The van der Waals surface area contributed by atoms with Gasteiger partial charge in [-0.2, -0.15) is 5.10 Å². The van der Waals surface area contributed by atoms with Gasteiger partial charge in [-0.15, -0.1) is 5.48 Å². The third-order valence-electron chi connectivity index (χ3n) is 5.81. The Morgan fingerprint density at radius 3 is 2.66 bits per heavy atom. The lowest BCUT2D eigenvalue weighted by molar-refractivity contribution is -0.116. The minimum absolute atomic E-state index is 0.00503. The number of aromatic nitrogens is 5. The number of imidazole rings is 1. The van der Waals surface area contributed by atoms with E-state index in [0.29, 0.717) is 27.9 Å². The van der Waals surface area contributed by atoms with E-state index in [1.54, 1.807) is 24.1 Å². The number of pyridine rings is 1. The first-order valence-electron chi connectivity index (χ1n) is 12.3. The molecule has 12 heteroatoms.